The Morgan fingerprint density at radius 2 is 1.63 bits per heavy atom. The molecule has 1 aliphatic rings. The van der Waals surface area contributed by atoms with Gasteiger partial charge in [0.05, 0.1) is 6.54 Å². The first kappa shape index (κ1) is 19.1. The molecule has 144 valence electrons. The van der Waals surface area contributed by atoms with Gasteiger partial charge >= 0.3 is 6.03 Å². The van der Waals surface area contributed by atoms with Crippen molar-refractivity contribution in [1.82, 2.24) is 10.2 Å². The van der Waals surface area contributed by atoms with Crippen molar-refractivity contribution in [1.29, 1.82) is 0 Å². The van der Waals surface area contributed by atoms with E-state index in [1.165, 1.54) is 16.8 Å². The van der Waals surface area contributed by atoms with Crippen molar-refractivity contribution in [2.24, 2.45) is 0 Å². The maximum Gasteiger partial charge on any atom is 0.317 e. The van der Waals surface area contributed by atoms with Crippen molar-refractivity contribution in [3.05, 3.63) is 59.2 Å². The molecule has 1 heterocycles. The number of piperazine rings is 1. The monoisotopic (exact) mass is 367 g/mol. The van der Waals surface area contributed by atoms with Crippen LogP contribution in [0.3, 0.4) is 0 Å². The Labute approximate surface area is 161 Å². The fourth-order valence-electron chi connectivity index (χ4n) is 3.38. The van der Waals surface area contributed by atoms with Gasteiger partial charge < -0.3 is 19.9 Å². The molecule has 2 amide bonds. The summed E-state index contributed by atoms with van der Waals surface area (Å²) in [5.74, 6) is 0.931. The highest BCUT2D eigenvalue weighted by atomic mass is 16.5. The van der Waals surface area contributed by atoms with Gasteiger partial charge in [0.25, 0.3) is 0 Å². The van der Waals surface area contributed by atoms with E-state index in [2.05, 4.69) is 48.3 Å². The van der Waals surface area contributed by atoms with Gasteiger partial charge in [-0.1, -0.05) is 30.3 Å². The first-order valence-electron chi connectivity index (χ1n) is 9.58. The Morgan fingerprint density at radius 1 is 0.963 bits per heavy atom. The van der Waals surface area contributed by atoms with E-state index in [9.17, 15) is 4.79 Å². The summed E-state index contributed by atoms with van der Waals surface area (Å²) in [4.78, 5) is 16.6. The van der Waals surface area contributed by atoms with Crippen molar-refractivity contribution in [3.63, 3.8) is 0 Å². The lowest BCUT2D eigenvalue weighted by Crippen LogP contribution is -2.52. The Hall–Kier alpha value is -2.69. The van der Waals surface area contributed by atoms with Gasteiger partial charge in [-0.3, -0.25) is 0 Å². The van der Waals surface area contributed by atoms with E-state index in [1.807, 2.05) is 30.0 Å². The van der Waals surface area contributed by atoms with Crippen molar-refractivity contribution >= 4 is 11.7 Å². The van der Waals surface area contributed by atoms with E-state index < -0.39 is 0 Å². The predicted molar refractivity (Wildman–Crippen MR) is 110 cm³/mol. The quantitative estimate of drug-likeness (QED) is 0.823. The molecule has 0 saturated carbocycles. The van der Waals surface area contributed by atoms with Gasteiger partial charge in [0.15, 0.2) is 0 Å². The number of ether oxygens (including phenoxy) is 1. The number of carbonyl (C=O) groups excluding carboxylic acids is 1. The van der Waals surface area contributed by atoms with Crippen LogP contribution in [-0.2, 0) is 0 Å². The molecule has 3 rings (SSSR count). The molecule has 1 saturated heterocycles. The molecule has 0 radical (unpaired) electrons. The largest absolute Gasteiger partial charge is 0.491 e. The van der Waals surface area contributed by atoms with Gasteiger partial charge in [0.1, 0.15) is 12.4 Å². The first-order chi connectivity index (χ1) is 13.1. The normalized spacial score (nSPS) is 14.2. The minimum atomic E-state index is -0.0102. The van der Waals surface area contributed by atoms with E-state index in [4.69, 9.17) is 4.74 Å². The second kappa shape index (κ2) is 8.80. The highest BCUT2D eigenvalue weighted by Gasteiger charge is 2.20. The summed E-state index contributed by atoms with van der Waals surface area (Å²) >= 11 is 0. The lowest BCUT2D eigenvalue weighted by atomic mass is 10.1. The van der Waals surface area contributed by atoms with Crippen LogP contribution in [0, 0.1) is 20.8 Å². The molecule has 27 heavy (non-hydrogen) atoms. The molecular formula is C22H29N3O2. The number of carbonyl (C=O) groups is 1. The minimum absolute atomic E-state index is 0.0102. The van der Waals surface area contributed by atoms with Gasteiger partial charge in [0.2, 0.25) is 0 Å². The van der Waals surface area contributed by atoms with E-state index in [-0.39, 0.29) is 6.03 Å². The number of para-hydroxylation sites is 1. The molecule has 1 N–H and O–H groups in total. The summed E-state index contributed by atoms with van der Waals surface area (Å²) in [6.45, 7) is 10.4. The Kier molecular flexibility index (Phi) is 6.22. The maximum absolute atomic E-state index is 12.4. The maximum atomic E-state index is 12.4. The molecule has 1 aliphatic heterocycles. The summed E-state index contributed by atoms with van der Waals surface area (Å²) in [5.41, 5.74) is 4.73. The van der Waals surface area contributed by atoms with Gasteiger partial charge in [-0.2, -0.15) is 0 Å². The molecule has 0 bridgehead atoms. The summed E-state index contributed by atoms with van der Waals surface area (Å²) in [6, 6.07) is 14.5. The number of hydrogen-bond acceptors (Lipinski definition) is 3. The molecular weight excluding hydrogens is 338 g/mol. The number of urea groups is 1. The highest BCUT2D eigenvalue weighted by Crippen LogP contribution is 2.25. The van der Waals surface area contributed by atoms with E-state index in [0.29, 0.717) is 13.2 Å². The number of hydrogen-bond donors (Lipinski definition) is 1. The molecule has 0 unspecified atom stereocenters. The summed E-state index contributed by atoms with van der Waals surface area (Å²) < 4.78 is 5.92. The smallest absolute Gasteiger partial charge is 0.317 e. The fourth-order valence-corrected chi connectivity index (χ4v) is 3.38. The second-order valence-electron chi connectivity index (χ2n) is 7.04. The van der Waals surface area contributed by atoms with E-state index >= 15 is 0 Å². The number of nitrogens with zero attached hydrogens (tertiary/aromatic N) is 2. The lowest BCUT2D eigenvalue weighted by molar-refractivity contribution is 0.191. The molecule has 5 nitrogen and oxygen atoms in total. The van der Waals surface area contributed by atoms with Crippen molar-refractivity contribution < 1.29 is 9.53 Å². The van der Waals surface area contributed by atoms with E-state index in [1.54, 1.807) is 0 Å². The third-order valence-electron chi connectivity index (χ3n) is 5.19. The van der Waals surface area contributed by atoms with Crippen LogP contribution >= 0.6 is 0 Å². The molecule has 0 spiro atoms. The van der Waals surface area contributed by atoms with Crippen molar-refractivity contribution in [3.8, 4) is 5.75 Å². The number of anilines is 1. The van der Waals surface area contributed by atoms with Crippen LogP contribution in [0.15, 0.2) is 42.5 Å². The molecule has 1 fully saturated rings. The number of aryl methyl sites for hydroxylation is 2. The highest BCUT2D eigenvalue weighted by molar-refractivity contribution is 5.74. The average Bonchev–Trinajstić information content (AvgIpc) is 2.71. The standard InChI is InChI=1S/C22H29N3O2/c1-17-9-10-18(2)21(19(17)3)27-16-11-23-22(26)25-14-12-24(13-15-25)20-7-5-4-6-8-20/h4-10H,11-16H2,1-3H3,(H,23,26). The zero-order valence-corrected chi connectivity index (χ0v) is 16.5. The average molecular weight is 367 g/mol. The minimum Gasteiger partial charge on any atom is -0.491 e. The summed E-state index contributed by atoms with van der Waals surface area (Å²) in [6.07, 6.45) is 0. The first-order valence-corrected chi connectivity index (χ1v) is 9.58. The van der Waals surface area contributed by atoms with Gasteiger partial charge in [-0.15, -0.1) is 0 Å². The van der Waals surface area contributed by atoms with Crippen LogP contribution in [0.5, 0.6) is 5.75 Å². The lowest BCUT2D eigenvalue weighted by Gasteiger charge is -2.36. The van der Waals surface area contributed by atoms with Crippen LogP contribution in [0.25, 0.3) is 0 Å². The molecule has 2 aromatic rings. The Bertz CT molecular complexity index is 769. The van der Waals surface area contributed by atoms with Crippen molar-refractivity contribution in [2.45, 2.75) is 20.8 Å². The predicted octanol–water partition coefficient (Wildman–Crippen LogP) is 3.52. The van der Waals surface area contributed by atoms with Crippen LogP contribution in [-0.4, -0.2) is 50.3 Å². The zero-order chi connectivity index (χ0) is 19.2. The Balaban J connectivity index is 1.41. The van der Waals surface area contributed by atoms with Gasteiger partial charge in [-0.05, 0) is 49.6 Å². The SMILES string of the molecule is Cc1ccc(C)c(OCCNC(=O)N2CCN(c3ccccc3)CC2)c1C. The topological polar surface area (TPSA) is 44.8 Å². The number of amides is 2. The number of nitrogens with one attached hydrogen (secondary N) is 1. The number of rotatable bonds is 5. The van der Waals surface area contributed by atoms with Crippen LogP contribution in [0.2, 0.25) is 0 Å². The number of benzene rings is 2. The molecule has 2 aromatic carbocycles. The van der Waals surface area contributed by atoms with Gasteiger partial charge in [0, 0.05) is 31.9 Å². The Morgan fingerprint density at radius 3 is 2.33 bits per heavy atom. The third-order valence-corrected chi connectivity index (χ3v) is 5.19. The van der Waals surface area contributed by atoms with E-state index in [0.717, 1.165) is 37.5 Å². The zero-order valence-electron chi connectivity index (χ0n) is 16.5. The van der Waals surface area contributed by atoms with Crippen molar-refractivity contribution in [2.75, 3.05) is 44.2 Å². The summed E-state index contributed by atoms with van der Waals surface area (Å²) in [5, 5.41) is 2.97. The van der Waals surface area contributed by atoms with Crippen LogP contribution in [0.4, 0.5) is 10.5 Å². The molecule has 5 heteroatoms. The van der Waals surface area contributed by atoms with Gasteiger partial charge in [-0.25, -0.2) is 4.79 Å². The second-order valence-corrected chi connectivity index (χ2v) is 7.04. The molecule has 0 aliphatic carbocycles. The fraction of sp³-hybridized carbons (Fsp3) is 0.409. The molecule has 0 aromatic heterocycles. The summed E-state index contributed by atoms with van der Waals surface area (Å²) in [7, 11) is 0. The van der Waals surface area contributed by atoms with Crippen LogP contribution < -0.4 is 15.0 Å². The van der Waals surface area contributed by atoms with Crippen LogP contribution in [0.1, 0.15) is 16.7 Å². The third kappa shape index (κ3) is 4.73. The molecule has 0 atom stereocenters.